The average molecular weight is 398 g/mol. The highest BCUT2D eigenvalue weighted by Gasteiger charge is 2.33. The number of hydrogen-bond donors (Lipinski definition) is 1. The van der Waals surface area contributed by atoms with Gasteiger partial charge in [0.15, 0.2) is 0 Å². The summed E-state index contributed by atoms with van der Waals surface area (Å²) in [5.41, 5.74) is 5.05. The molecule has 0 radical (unpaired) electrons. The third kappa shape index (κ3) is 3.64. The van der Waals surface area contributed by atoms with E-state index in [1.807, 2.05) is 48.5 Å². The first kappa shape index (κ1) is 18.4. The third-order valence-electron chi connectivity index (χ3n) is 5.52. The summed E-state index contributed by atoms with van der Waals surface area (Å²) in [6, 6.07) is 19.8. The lowest BCUT2D eigenvalue weighted by atomic mass is 10.1. The Bertz CT molecular complexity index is 1160. The Kier molecular flexibility index (Phi) is 4.89. The van der Waals surface area contributed by atoms with Crippen molar-refractivity contribution in [2.24, 2.45) is 0 Å². The van der Waals surface area contributed by atoms with E-state index in [0.29, 0.717) is 6.54 Å². The molecule has 4 aromatic rings. The minimum atomic E-state index is -0.292. The number of benzene rings is 2. The summed E-state index contributed by atoms with van der Waals surface area (Å²) >= 11 is 0. The Labute approximate surface area is 174 Å². The second kappa shape index (κ2) is 7.99. The van der Waals surface area contributed by atoms with Crippen molar-refractivity contribution in [3.63, 3.8) is 0 Å². The van der Waals surface area contributed by atoms with Crippen LogP contribution in [0.4, 0.5) is 4.79 Å². The van der Waals surface area contributed by atoms with E-state index in [1.54, 1.807) is 17.3 Å². The lowest BCUT2D eigenvalue weighted by Gasteiger charge is -2.22. The number of pyridine rings is 1. The van der Waals surface area contributed by atoms with Gasteiger partial charge in [-0.2, -0.15) is 0 Å². The number of rotatable bonds is 4. The number of nitrogens with one attached hydrogen (secondary N) is 1. The zero-order chi connectivity index (χ0) is 20.3. The van der Waals surface area contributed by atoms with Crippen LogP contribution in [0.25, 0.3) is 22.2 Å². The molecule has 0 spiro atoms. The molecule has 1 aliphatic heterocycles. The number of fused-ring (bicyclic) bond motifs is 1. The van der Waals surface area contributed by atoms with Crippen LogP contribution < -0.4 is 0 Å². The first-order chi connectivity index (χ1) is 14.8. The molecule has 6 nitrogen and oxygen atoms in total. The first-order valence-electron chi connectivity index (χ1n) is 10.2. The van der Waals surface area contributed by atoms with E-state index in [2.05, 4.69) is 22.1 Å². The fourth-order valence-corrected chi connectivity index (χ4v) is 3.98. The van der Waals surface area contributed by atoms with Gasteiger partial charge in [0.2, 0.25) is 0 Å². The molecule has 1 fully saturated rings. The van der Waals surface area contributed by atoms with E-state index in [4.69, 9.17) is 9.72 Å². The largest absolute Gasteiger partial charge is 0.445 e. The molecule has 1 N–H and O–H groups in total. The van der Waals surface area contributed by atoms with Gasteiger partial charge in [0.25, 0.3) is 0 Å². The predicted molar refractivity (Wildman–Crippen MR) is 115 cm³/mol. The zero-order valence-electron chi connectivity index (χ0n) is 16.5. The van der Waals surface area contributed by atoms with Gasteiger partial charge in [-0.25, -0.2) is 9.78 Å². The van der Waals surface area contributed by atoms with E-state index in [-0.39, 0.29) is 18.7 Å². The van der Waals surface area contributed by atoms with Crippen molar-refractivity contribution in [2.75, 3.05) is 6.54 Å². The van der Waals surface area contributed by atoms with Crippen LogP contribution in [0.5, 0.6) is 0 Å². The van der Waals surface area contributed by atoms with E-state index in [0.717, 1.165) is 46.4 Å². The summed E-state index contributed by atoms with van der Waals surface area (Å²) in [7, 11) is 0. The van der Waals surface area contributed by atoms with Crippen LogP contribution in [0.2, 0.25) is 0 Å². The van der Waals surface area contributed by atoms with Gasteiger partial charge in [-0.3, -0.25) is 9.88 Å². The highest BCUT2D eigenvalue weighted by atomic mass is 16.6. The van der Waals surface area contributed by atoms with E-state index < -0.39 is 0 Å². The normalized spacial score (nSPS) is 16.1. The van der Waals surface area contributed by atoms with E-state index in [9.17, 15) is 4.79 Å². The Morgan fingerprint density at radius 3 is 2.73 bits per heavy atom. The van der Waals surface area contributed by atoms with Crippen molar-refractivity contribution < 1.29 is 9.53 Å². The maximum absolute atomic E-state index is 12.7. The van der Waals surface area contributed by atoms with Crippen LogP contribution in [-0.2, 0) is 11.3 Å². The van der Waals surface area contributed by atoms with Gasteiger partial charge in [-0.15, -0.1) is 0 Å². The van der Waals surface area contributed by atoms with Gasteiger partial charge < -0.3 is 9.72 Å². The van der Waals surface area contributed by atoms with Crippen LogP contribution in [0.1, 0.15) is 30.3 Å². The second-order valence-corrected chi connectivity index (χ2v) is 7.48. The van der Waals surface area contributed by atoms with Gasteiger partial charge in [0.05, 0.1) is 17.1 Å². The fourth-order valence-electron chi connectivity index (χ4n) is 3.98. The molecule has 30 heavy (non-hydrogen) atoms. The summed E-state index contributed by atoms with van der Waals surface area (Å²) < 4.78 is 5.55. The highest BCUT2D eigenvalue weighted by molar-refractivity contribution is 5.82. The summed E-state index contributed by atoms with van der Waals surface area (Å²) in [4.78, 5) is 26.8. The minimum Gasteiger partial charge on any atom is -0.445 e. The van der Waals surface area contributed by atoms with Crippen molar-refractivity contribution in [3.8, 4) is 11.1 Å². The third-order valence-corrected chi connectivity index (χ3v) is 5.52. The molecule has 6 heteroatoms. The van der Waals surface area contributed by atoms with Crippen molar-refractivity contribution in [2.45, 2.75) is 25.5 Å². The number of imidazole rings is 1. The number of hydrogen-bond acceptors (Lipinski definition) is 4. The number of likely N-dealkylation sites (tertiary alicyclic amines) is 1. The van der Waals surface area contributed by atoms with Crippen LogP contribution >= 0.6 is 0 Å². The van der Waals surface area contributed by atoms with Gasteiger partial charge in [-0.05, 0) is 53.8 Å². The molecule has 1 saturated heterocycles. The van der Waals surface area contributed by atoms with E-state index in [1.165, 1.54) is 0 Å². The van der Waals surface area contributed by atoms with Crippen LogP contribution in [0.15, 0.2) is 73.1 Å². The van der Waals surface area contributed by atoms with Crippen molar-refractivity contribution in [3.05, 3.63) is 84.4 Å². The van der Waals surface area contributed by atoms with Crippen molar-refractivity contribution in [1.29, 1.82) is 0 Å². The molecule has 2 aromatic heterocycles. The Morgan fingerprint density at radius 2 is 1.90 bits per heavy atom. The predicted octanol–water partition coefficient (Wildman–Crippen LogP) is 5.10. The maximum atomic E-state index is 12.7. The number of carbonyl (C=O) groups excluding carboxylic acids is 1. The lowest BCUT2D eigenvalue weighted by molar-refractivity contribution is 0.0910. The quantitative estimate of drug-likeness (QED) is 0.519. The Hall–Kier alpha value is -3.67. The maximum Gasteiger partial charge on any atom is 0.410 e. The topological polar surface area (TPSA) is 71.1 Å². The Balaban J connectivity index is 1.35. The molecule has 1 atom stereocenters. The van der Waals surface area contributed by atoms with Crippen LogP contribution in [-0.4, -0.2) is 32.5 Å². The number of carbonyl (C=O) groups is 1. The number of ether oxygens (including phenoxy) is 1. The molecule has 3 heterocycles. The molecule has 0 bridgehead atoms. The molecule has 1 aliphatic rings. The standard InChI is InChI=1S/C24H22N4O2/c29-24(30-16-17-5-2-1-3-6-17)28-14-4-7-22(28)23-26-20-9-8-19(15-21(20)27-23)18-10-12-25-13-11-18/h1-3,5-6,8-13,15,22H,4,7,14,16H2,(H,26,27)/t22-/m1/s1. The van der Waals surface area contributed by atoms with Crippen LogP contribution in [0, 0.1) is 0 Å². The molecular weight excluding hydrogens is 376 g/mol. The molecule has 0 unspecified atom stereocenters. The molecule has 5 rings (SSSR count). The van der Waals surface area contributed by atoms with E-state index >= 15 is 0 Å². The number of nitrogens with zero attached hydrogens (tertiary/aromatic N) is 3. The molecule has 0 aliphatic carbocycles. The SMILES string of the molecule is O=C(OCc1ccccc1)N1CCC[C@@H]1c1nc2ccc(-c3ccncc3)cc2[nH]1. The number of amides is 1. The van der Waals surface area contributed by atoms with Gasteiger partial charge >= 0.3 is 6.09 Å². The molecule has 0 saturated carbocycles. The smallest absolute Gasteiger partial charge is 0.410 e. The second-order valence-electron chi connectivity index (χ2n) is 7.48. The highest BCUT2D eigenvalue weighted by Crippen LogP contribution is 2.33. The molecular formula is C24H22N4O2. The molecule has 150 valence electrons. The monoisotopic (exact) mass is 398 g/mol. The van der Waals surface area contributed by atoms with Gasteiger partial charge in [-0.1, -0.05) is 36.4 Å². The molecule has 1 amide bonds. The molecule has 2 aromatic carbocycles. The van der Waals surface area contributed by atoms with Gasteiger partial charge in [0, 0.05) is 18.9 Å². The number of H-pyrrole nitrogens is 1. The number of aromatic nitrogens is 3. The summed E-state index contributed by atoms with van der Waals surface area (Å²) in [5, 5.41) is 0. The average Bonchev–Trinajstić information content (AvgIpc) is 3.45. The van der Waals surface area contributed by atoms with Crippen LogP contribution in [0.3, 0.4) is 0 Å². The first-order valence-corrected chi connectivity index (χ1v) is 10.2. The summed E-state index contributed by atoms with van der Waals surface area (Å²) in [6.45, 7) is 0.954. The van der Waals surface area contributed by atoms with Gasteiger partial charge in [0.1, 0.15) is 12.4 Å². The lowest BCUT2D eigenvalue weighted by Crippen LogP contribution is -2.31. The summed E-state index contributed by atoms with van der Waals surface area (Å²) in [5.74, 6) is 0.811. The van der Waals surface area contributed by atoms with Crippen molar-refractivity contribution >= 4 is 17.1 Å². The minimum absolute atomic E-state index is 0.0925. The Morgan fingerprint density at radius 1 is 1.07 bits per heavy atom. The van der Waals surface area contributed by atoms with Crippen molar-refractivity contribution in [1.82, 2.24) is 19.9 Å². The summed E-state index contributed by atoms with van der Waals surface area (Å²) in [6.07, 6.45) is 5.09. The number of aromatic amines is 1. The fraction of sp³-hybridized carbons (Fsp3) is 0.208. The zero-order valence-corrected chi connectivity index (χ0v) is 16.5.